The fourth-order valence-electron chi connectivity index (χ4n) is 0.720. The van der Waals surface area contributed by atoms with E-state index in [1.807, 2.05) is 0 Å². The summed E-state index contributed by atoms with van der Waals surface area (Å²) in [7, 11) is 0. The Morgan fingerprint density at radius 1 is 1.50 bits per heavy atom. The van der Waals surface area contributed by atoms with Gasteiger partial charge in [-0.15, -0.1) is 0 Å². The zero-order chi connectivity index (χ0) is 7.40. The lowest BCUT2D eigenvalue weighted by atomic mass is 10.1. The standard InChI is InChI=1S/C9H8F/c1-2-9(10)8-6-4-3-5-7-8/h2,4-7,9H,1H2. The van der Waals surface area contributed by atoms with Gasteiger partial charge >= 0.3 is 0 Å². The largest absolute Gasteiger partial charge is 0.238 e. The molecule has 51 valence electrons. The molecule has 1 atom stereocenters. The quantitative estimate of drug-likeness (QED) is 0.547. The lowest BCUT2D eigenvalue weighted by molar-refractivity contribution is 0.415. The first-order chi connectivity index (χ1) is 4.84. The average Bonchev–Trinajstić information content (AvgIpc) is 2.05. The van der Waals surface area contributed by atoms with Gasteiger partial charge in [-0.2, -0.15) is 0 Å². The number of rotatable bonds is 2. The summed E-state index contributed by atoms with van der Waals surface area (Å²) in [5.74, 6) is 0. The Hall–Kier alpha value is -1.11. The molecule has 1 unspecified atom stereocenters. The zero-order valence-corrected chi connectivity index (χ0v) is 5.55. The molecule has 0 nitrogen and oxygen atoms in total. The summed E-state index contributed by atoms with van der Waals surface area (Å²) in [5, 5.41) is 0. The molecule has 0 saturated heterocycles. The summed E-state index contributed by atoms with van der Waals surface area (Å²) < 4.78 is 12.7. The van der Waals surface area contributed by atoms with E-state index >= 15 is 0 Å². The monoisotopic (exact) mass is 135 g/mol. The molecule has 0 spiro atoms. The van der Waals surface area contributed by atoms with Crippen LogP contribution in [0.4, 0.5) is 4.39 Å². The van der Waals surface area contributed by atoms with Gasteiger partial charge in [0.15, 0.2) is 0 Å². The molecule has 10 heavy (non-hydrogen) atoms. The molecule has 0 heterocycles. The van der Waals surface area contributed by atoms with Crippen molar-refractivity contribution in [1.29, 1.82) is 0 Å². The molecular weight excluding hydrogens is 127 g/mol. The molecule has 0 aliphatic heterocycles. The minimum Gasteiger partial charge on any atom is -0.238 e. The van der Waals surface area contributed by atoms with Crippen LogP contribution in [0.25, 0.3) is 0 Å². The fraction of sp³-hybridized carbons (Fsp3) is 0.111. The van der Waals surface area contributed by atoms with Crippen LogP contribution in [0, 0.1) is 6.07 Å². The van der Waals surface area contributed by atoms with Crippen LogP contribution in [0.15, 0.2) is 36.9 Å². The van der Waals surface area contributed by atoms with Crippen molar-refractivity contribution in [2.24, 2.45) is 0 Å². The van der Waals surface area contributed by atoms with E-state index in [9.17, 15) is 4.39 Å². The zero-order valence-electron chi connectivity index (χ0n) is 5.55. The molecule has 0 saturated carbocycles. The van der Waals surface area contributed by atoms with Crippen molar-refractivity contribution in [3.63, 3.8) is 0 Å². The maximum absolute atomic E-state index is 12.7. The highest BCUT2D eigenvalue weighted by atomic mass is 19.1. The predicted octanol–water partition coefficient (Wildman–Crippen LogP) is 2.68. The molecule has 1 heteroatoms. The van der Waals surface area contributed by atoms with Crippen LogP contribution < -0.4 is 0 Å². The molecule has 0 aliphatic rings. The van der Waals surface area contributed by atoms with Gasteiger partial charge in [-0.3, -0.25) is 0 Å². The molecule has 0 aliphatic carbocycles. The topological polar surface area (TPSA) is 0 Å². The average molecular weight is 135 g/mol. The van der Waals surface area contributed by atoms with Crippen molar-refractivity contribution < 1.29 is 4.39 Å². The molecule has 0 amide bonds. The Kier molecular flexibility index (Phi) is 2.21. The summed E-state index contributed by atoms with van der Waals surface area (Å²) in [5.41, 5.74) is 0.633. The summed E-state index contributed by atoms with van der Waals surface area (Å²) in [6.45, 7) is 3.35. The van der Waals surface area contributed by atoms with Crippen LogP contribution in [0.3, 0.4) is 0 Å². The van der Waals surface area contributed by atoms with E-state index in [1.54, 1.807) is 24.3 Å². The Balaban J connectivity index is 2.84. The number of hydrogen-bond donors (Lipinski definition) is 0. The summed E-state index contributed by atoms with van der Waals surface area (Å²) in [6, 6.07) is 9.56. The Bertz CT molecular complexity index is 203. The highest BCUT2D eigenvalue weighted by Gasteiger charge is 2.00. The molecule has 0 fully saturated rings. The molecule has 0 bridgehead atoms. The van der Waals surface area contributed by atoms with Gasteiger partial charge < -0.3 is 0 Å². The summed E-state index contributed by atoms with van der Waals surface area (Å²) in [6.07, 6.45) is 0.226. The molecule has 1 rings (SSSR count). The maximum Gasteiger partial charge on any atom is 0.143 e. The minimum absolute atomic E-state index is 0.633. The Labute approximate surface area is 60.0 Å². The van der Waals surface area contributed by atoms with Crippen LogP contribution >= 0.6 is 0 Å². The first-order valence-corrected chi connectivity index (χ1v) is 3.07. The van der Waals surface area contributed by atoms with E-state index in [0.717, 1.165) is 0 Å². The van der Waals surface area contributed by atoms with Crippen LogP contribution in [-0.4, -0.2) is 0 Å². The van der Waals surface area contributed by atoms with Crippen molar-refractivity contribution in [2.45, 2.75) is 6.17 Å². The highest BCUT2D eigenvalue weighted by molar-refractivity contribution is 5.19. The SMILES string of the molecule is C=CC(F)c1cc[c]cc1. The van der Waals surface area contributed by atoms with Gasteiger partial charge in [-0.25, -0.2) is 4.39 Å². The number of allylic oxidation sites excluding steroid dienone is 1. The van der Waals surface area contributed by atoms with E-state index < -0.39 is 6.17 Å². The van der Waals surface area contributed by atoms with Crippen molar-refractivity contribution in [2.75, 3.05) is 0 Å². The third-order valence-electron chi connectivity index (χ3n) is 1.27. The number of alkyl halides is 1. The van der Waals surface area contributed by atoms with Gasteiger partial charge in [0, 0.05) is 0 Å². The van der Waals surface area contributed by atoms with Crippen molar-refractivity contribution >= 4 is 0 Å². The lowest BCUT2D eigenvalue weighted by Gasteiger charge is -1.99. The molecule has 1 aromatic carbocycles. The van der Waals surface area contributed by atoms with E-state index in [4.69, 9.17) is 0 Å². The second-order valence-electron chi connectivity index (χ2n) is 1.97. The number of hydrogen-bond acceptors (Lipinski definition) is 0. The predicted molar refractivity (Wildman–Crippen MR) is 39.3 cm³/mol. The Morgan fingerprint density at radius 3 is 2.60 bits per heavy atom. The van der Waals surface area contributed by atoms with Gasteiger partial charge in [-0.05, 0) is 11.6 Å². The van der Waals surface area contributed by atoms with Gasteiger partial charge in [0.2, 0.25) is 0 Å². The first kappa shape index (κ1) is 7.00. The first-order valence-electron chi connectivity index (χ1n) is 3.07. The van der Waals surface area contributed by atoms with Gasteiger partial charge in [-0.1, -0.05) is 36.9 Å². The number of halogens is 1. The Morgan fingerprint density at radius 2 is 2.10 bits per heavy atom. The molecular formula is C9H8F. The smallest absolute Gasteiger partial charge is 0.143 e. The number of benzene rings is 1. The third-order valence-corrected chi connectivity index (χ3v) is 1.27. The third kappa shape index (κ3) is 1.44. The summed E-state index contributed by atoms with van der Waals surface area (Å²) >= 11 is 0. The van der Waals surface area contributed by atoms with E-state index in [-0.39, 0.29) is 0 Å². The van der Waals surface area contributed by atoms with E-state index in [2.05, 4.69) is 12.6 Å². The van der Waals surface area contributed by atoms with E-state index in [1.165, 1.54) is 6.08 Å². The van der Waals surface area contributed by atoms with Gasteiger partial charge in [0.1, 0.15) is 6.17 Å². The van der Waals surface area contributed by atoms with Crippen molar-refractivity contribution in [3.05, 3.63) is 48.6 Å². The lowest BCUT2D eigenvalue weighted by Crippen LogP contribution is -1.83. The normalized spacial score (nSPS) is 12.5. The molecule has 1 aromatic rings. The van der Waals surface area contributed by atoms with Crippen LogP contribution in [0.1, 0.15) is 11.7 Å². The summed E-state index contributed by atoms with van der Waals surface area (Å²) in [4.78, 5) is 0. The maximum atomic E-state index is 12.7. The van der Waals surface area contributed by atoms with E-state index in [0.29, 0.717) is 5.56 Å². The van der Waals surface area contributed by atoms with Gasteiger partial charge in [0.25, 0.3) is 0 Å². The molecule has 0 aromatic heterocycles. The highest BCUT2D eigenvalue weighted by Crippen LogP contribution is 2.16. The molecule has 0 N–H and O–H groups in total. The fourth-order valence-corrected chi connectivity index (χ4v) is 0.720. The molecule has 1 radical (unpaired) electrons. The van der Waals surface area contributed by atoms with Gasteiger partial charge in [0.05, 0.1) is 0 Å². The van der Waals surface area contributed by atoms with Crippen LogP contribution in [0.5, 0.6) is 0 Å². The van der Waals surface area contributed by atoms with Crippen molar-refractivity contribution in [1.82, 2.24) is 0 Å². The second-order valence-corrected chi connectivity index (χ2v) is 1.97. The van der Waals surface area contributed by atoms with Crippen LogP contribution in [-0.2, 0) is 0 Å². The van der Waals surface area contributed by atoms with Crippen LogP contribution in [0.2, 0.25) is 0 Å². The minimum atomic E-state index is -1.05. The van der Waals surface area contributed by atoms with Crippen molar-refractivity contribution in [3.8, 4) is 0 Å². The second kappa shape index (κ2) is 3.16.